The van der Waals surface area contributed by atoms with Gasteiger partial charge in [-0.1, -0.05) is 61.4 Å². The van der Waals surface area contributed by atoms with E-state index in [4.69, 9.17) is 9.84 Å². The molecule has 7 heteroatoms. The summed E-state index contributed by atoms with van der Waals surface area (Å²) in [5.41, 5.74) is 4.72. The monoisotopic (exact) mass is 476 g/mol. The summed E-state index contributed by atoms with van der Waals surface area (Å²) in [5, 5.41) is 15.1. The average molecular weight is 477 g/mol. The number of benzene rings is 2. The van der Waals surface area contributed by atoms with Crippen LogP contribution in [0.1, 0.15) is 55.6 Å². The molecule has 5 rings (SSSR count). The van der Waals surface area contributed by atoms with Gasteiger partial charge in [0.2, 0.25) is 5.91 Å². The van der Waals surface area contributed by atoms with E-state index in [-0.39, 0.29) is 48.6 Å². The number of nitrogens with one attached hydrogen (secondary N) is 2. The molecule has 0 spiro atoms. The maximum absolute atomic E-state index is 12.7. The van der Waals surface area contributed by atoms with Crippen molar-refractivity contribution in [3.05, 3.63) is 59.7 Å². The lowest BCUT2D eigenvalue weighted by Crippen LogP contribution is -2.44. The van der Waals surface area contributed by atoms with Crippen LogP contribution in [0.15, 0.2) is 48.5 Å². The Morgan fingerprint density at radius 1 is 0.914 bits per heavy atom. The van der Waals surface area contributed by atoms with Crippen molar-refractivity contribution in [2.24, 2.45) is 17.8 Å². The van der Waals surface area contributed by atoms with Crippen LogP contribution >= 0.6 is 0 Å². The molecule has 7 nitrogen and oxygen atoms in total. The van der Waals surface area contributed by atoms with Gasteiger partial charge in [-0.2, -0.15) is 0 Å². The van der Waals surface area contributed by atoms with Crippen LogP contribution in [0.3, 0.4) is 0 Å². The highest BCUT2D eigenvalue weighted by Gasteiger charge is 2.44. The molecule has 4 atom stereocenters. The molecule has 2 aromatic rings. The minimum atomic E-state index is -0.812. The van der Waals surface area contributed by atoms with E-state index in [1.54, 1.807) is 0 Å². The Bertz CT molecular complexity index is 1070. The standard InChI is InChI=1S/C28H32N2O5/c31-26(32)14-17-7-1-6-12-25(17)30-27(33)23-13-18(23)15-29-28(34)35-16-24-21-10-4-2-8-19(21)20-9-3-5-11-22(20)24/h2-5,8-11,17-18,23-25H,1,6-7,12-16H2,(H,29,34)(H,30,33)(H,31,32)/t17-,18?,23?,25-/m0/s1. The topological polar surface area (TPSA) is 105 Å². The van der Waals surface area contributed by atoms with Crippen LogP contribution in [0.4, 0.5) is 4.79 Å². The molecule has 0 saturated heterocycles. The lowest BCUT2D eigenvalue weighted by molar-refractivity contribution is -0.139. The number of amides is 2. The third-order valence-corrected chi connectivity index (χ3v) is 7.79. The molecule has 2 amide bonds. The van der Waals surface area contributed by atoms with E-state index in [2.05, 4.69) is 34.9 Å². The average Bonchev–Trinajstić information content (AvgIpc) is 3.57. The molecule has 2 fully saturated rings. The van der Waals surface area contributed by atoms with E-state index in [0.29, 0.717) is 6.54 Å². The first-order valence-corrected chi connectivity index (χ1v) is 12.6. The van der Waals surface area contributed by atoms with Crippen molar-refractivity contribution in [3.8, 4) is 11.1 Å². The van der Waals surface area contributed by atoms with Gasteiger partial charge in [-0.25, -0.2) is 4.79 Å². The third-order valence-electron chi connectivity index (χ3n) is 7.79. The molecule has 0 radical (unpaired) electrons. The summed E-state index contributed by atoms with van der Waals surface area (Å²) in [5.74, 6) is -0.851. The number of alkyl carbamates (subject to hydrolysis) is 1. The van der Waals surface area contributed by atoms with Crippen molar-refractivity contribution >= 4 is 18.0 Å². The Balaban J connectivity index is 1.08. The molecule has 2 unspecified atom stereocenters. The number of carboxylic acid groups (broad SMARTS) is 1. The Hall–Kier alpha value is -3.35. The molecule has 0 heterocycles. The van der Waals surface area contributed by atoms with Crippen molar-refractivity contribution in [1.29, 1.82) is 0 Å². The minimum absolute atomic E-state index is 0.00125. The smallest absolute Gasteiger partial charge is 0.407 e. The van der Waals surface area contributed by atoms with Crippen molar-refractivity contribution in [3.63, 3.8) is 0 Å². The second-order valence-corrected chi connectivity index (χ2v) is 10.1. The first-order chi connectivity index (χ1) is 17.0. The summed E-state index contributed by atoms with van der Waals surface area (Å²) in [7, 11) is 0. The summed E-state index contributed by atoms with van der Waals surface area (Å²) in [6.45, 7) is 0.666. The lowest BCUT2D eigenvalue weighted by Gasteiger charge is -2.31. The molecule has 184 valence electrons. The summed E-state index contributed by atoms with van der Waals surface area (Å²) in [6.07, 6.45) is 4.06. The fraction of sp³-hybridized carbons (Fsp3) is 0.464. The van der Waals surface area contributed by atoms with Gasteiger partial charge < -0.3 is 20.5 Å². The first-order valence-electron chi connectivity index (χ1n) is 12.6. The number of ether oxygens (including phenoxy) is 1. The zero-order chi connectivity index (χ0) is 24.4. The van der Waals surface area contributed by atoms with Crippen molar-refractivity contribution < 1.29 is 24.2 Å². The number of carbonyl (C=O) groups is 3. The molecule has 3 N–H and O–H groups in total. The maximum atomic E-state index is 12.7. The highest BCUT2D eigenvalue weighted by Crippen LogP contribution is 2.44. The molecule has 0 aromatic heterocycles. The van der Waals surface area contributed by atoms with Gasteiger partial charge in [0.1, 0.15) is 6.61 Å². The number of rotatable bonds is 8. The molecule has 0 bridgehead atoms. The van der Waals surface area contributed by atoms with Crippen molar-refractivity contribution in [2.75, 3.05) is 13.2 Å². The number of hydrogen-bond acceptors (Lipinski definition) is 4. The van der Waals surface area contributed by atoms with E-state index in [1.807, 2.05) is 24.3 Å². The Labute approximate surface area is 205 Å². The van der Waals surface area contributed by atoms with E-state index in [1.165, 1.54) is 22.3 Å². The number of fused-ring (bicyclic) bond motifs is 3. The second-order valence-electron chi connectivity index (χ2n) is 10.1. The minimum Gasteiger partial charge on any atom is -0.481 e. The van der Waals surface area contributed by atoms with Crippen LogP contribution in [-0.2, 0) is 14.3 Å². The number of hydrogen-bond donors (Lipinski definition) is 3. The van der Waals surface area contributed by atoms with Gasteiger partial charge in [0.25, 0.3) is 0 Å². The van der Waals surface area contributed by atoms with Crippen LogP contribution < -0.4 is 10.6 Å². The van der Waals surface area contributed by atoms with Crippen LogP contribution in [0, 0.1) is 17.8 Å². The van der Waals surface area contributed by atoms with E-state index < -0.39 is 12.1 Å². The van der Waals surface area contributed by atoms with Gasteiger partial charge in [0.15, 0.2) is 0 Å². The van der Waals surface area contributed by atoms with Gasteiger partial charge in [0, 0.05) is 24.4 Å². The lowest BCUT2D eigenvalue weighted by atomic mass is 9.82. The Kier molecular flexibility index (Phi) is 6.75. The van der Waals surface area contributed by atoms with Crippen LogP contribution in [-0.4, -0.2) is 42.3 Å². The zero-order valence-electron chi connectivity index (χ0n) is 19.7. The molecular weight excluding hydrogens is 444 g/mol. The summed E-state index contributed by atoms with van der Waals surface area (Å²) in [6, 6.07) is 16.4. The summed E-state index contributed by atoms with van der Waals surface area (Å²) in [4.78, 5) is 36.2. The summed E-state index contributed by atoms with van der Waals surface area (Å²) < 4.78 is 5.58. The summed E-state index contributed by atoms with van der Waals surface area (Å²) >= 11 is 0. The van der Waals surface area contributed by atoms with Gasteiger partial charge >= 0.3 is 12.1 Å². The van der Waals surface area contributed by atoms with E-state index >= 15 is 0 Å². The predicted molar refractivity (Wildman–Crippen MR) is 131 cm³/mol. The molecule has 2 aromatic carbocycles. The highest BCUT2D eigenvalue weighted by molar-refractivity contribution is 5.82. The number of carboxylic acids is 1. The van der Waals surface area contributed by atoms with Gasteiger partial charge in [-0.15, -0.1) is 0 Å². The SMILES string of the molecule is O=C(O)C[C@@H]1CCCC[C@@H]1NC(=O)C1CC1CNC(=O)OCC1c2ccccc2-c2ccccc21. The highest BCUT2D eigenvalue weighted by atomic mass is 16.5. The Morgan fingerprint density at radius 3 is 2.26 bits per heavy atom. The van der Waals surface area contributed by atoms with Crippen molar-refractivity contribution in [1.82, 2.24) is 10.6 Å². The molecule has 3 aliphatic rings. The molecule has 0 aliphatic heterocycles. The van der Waals surface area contributed by atoms with Gasteiger partial charge in [-0.05, 0) is 53.4 Å². The van der Waals surface area contributed by atoms with E-state index in [9.17, 15) is 14.4 Å². The van der Waals surface area contributed by atoms with Crippen LogP contribution in [0.2, 0.25) is 0 Å². The molecular formula is C28H32N2O5. The zero-order valence-corrected chi connectivity index (χ0v) is 19.7. The van der Waals surface area contributed by atoms with Crippen LogP contribution in [0.25, 0.3) is 11.1 Å². The number of carbonyl (C=O) groups excluding carboxylic acids is 2. The van der Waals surface area contributed by atoms with Crippen LogP contribution in [0.5, 0.6) is 0 Å². The largest absolute Gasteiger partial charge is 0.481 e. The fourth-order valence-corrected chi connectivity index (χ4v) is 5.81. The predicted octanol–water partition coefficient (Wildman–Crippen LogP) is 4.31. The molecule has 35 heavy (non-hydrogen) atoms. The fourth-order valence-electron chi connectivity index (χ4n) is 5.81. The first kappa shape index (κ1) is 23.4. The van der Waals surface area contributed by atoms with E-state index in [0.717, 1.165) is 32.1 Å². The van der Waals surface area contributed by atoms with Crippen molar-refractivity contribution in [2.45, 2.75) is 50.5 Å². The Morgan fingerprint density at radius 2 is 1.57 bits per heavy atom. The van der Waals surface area contributed by atoms with Gasteiger partial charge in [-0.3, -0.25) is 9.59 Å². The quantitative estimate of drug-likeness (QED) is 0.527. The molecule has 3 aliphatic carbocycles. The third kappa shape index (κ3) is 5.19. The second kappa shape index (κ2) is 10.1. The van der Waals surface area contributed by atoms with Gasteiger partial charge in [0.05, 0.1) is 6.42 Å². The maximum Gasteiger partial charge on any atom is 0.407 e. The normalized spacial score (nSPS) is 24.7. The molecule has 2 saturated carbocycles. The number of aliphatic carboxylic acids is 1.